The van der Waals surface area contributed by atoms with Crippen LogP contribution in [-0.2, 0) is 15.9 Å². The highest BCUT2D eigenvalue weighted by molar-refractivity contribution is 5.71. The Bertz CT molecular complexity index is 1170. The summed E-state index contributed by atoms with van der Waals surface area (Å²) in [5, 5.41) is 0. The van der Waals surface area contributed by atoms with E-state index in [1.165, 1.54) is 25.3 Å². The Hall–Kier alpha value is -2.63. The molecule has 1 aliphatic rings. The molecular formula is C33H39F3O2. The number of aryl methyl sites for hydroxylation is 1. The van der Waals surface area contributed by atoms with Gasteiger partial charge >= 0.3 is 0 Å². The van der Waals surface area contributed by atoms with Crippen LogP contribution in [0.1, 0.15) is 82.6 Å². The molecule has 1 saturated heterocycles. The van der Waals surface area contributed by atoms with Crippen molar-refractivity contribution in [3.05, 3.63) is 83.2 Å². The van der Waals surface area contributed by atoms with Crippen LogP contribution in [0.2, 0.25) is 0 Å². The Morgan fingerprint density at radius 3 is 1.97 bits per heavy atom. The zero-order chi connectivity index (χ0) is 26.9. The third-order valence-electron chi connectivity index (χ3n) is 7.40. The van der Waals surface area contributed by atoms with Gasteiger partial charge in [0, 0.05) is 22.6 Å². The minimum Gasteiger partial charge on any atom is -0.348 e. The van der Waals surface area contributed by atoms with Gasteiger partial charge in [-0.05, 0) is 42.0 Å². The van der Waals surface area contributed by atoms with Gasteiger partial charge in [-0.15, -0.1) is 0 Å². The topological polar surface area (TPSA) is 18.5 Å². The largest absolute Gasteiger partial charge is 0.348 e. The molecule has 0 amide bonds. The van der Waals surface area contributed by atoms with Gasteiger partial charge in [-0.3, -0.25) is 0 Å². The van der Waals surface area contributed by atoms with E-state index in [0.29, 0.717) is 53.4 Å². The van der Waals surface area contributed by atoms with Crippen molar-refractivity contribution in [2.75, 3.05) is 13.2 Å². The molecule has 0 spiro atoms. The van der Waals surface area contributed by atoms with E-state index < -0.39 is 17.9 Å². The van der Waals surface area contributed by atoms with Gasteiger partial charge in [0.1, 0.15) is 5.82 Å². The smallest absolute Gasteiger partial charge is 0.183 e. The molecule has 0 radical (unpaired) electrons. The molecule has 1 fully saturated rings. The van der Waals surface area contributed by atoms with E-state index in [0.717, 1.165) is 32.1 Å². The minimum atomic E-state index is -0.828. The van der Waals surface area contributed by atoms with Crippen LogP contribution >= 0.6 is 0 Å². The van der Waals surface area contributed by atoms with Crippen molar-refractivity contribution in [3.63, 3.8) is 0 Å². The normalized spacial score (nSPS) is 17.6. The summed E-state index contributed by atoms with van der Waals surface area (Å²) in [5.41, 5.74) is 2.93. The summed E-state index contributed by atoms with van der Waals surface area (Å²) in [4.78, 5) is 0. The second-order valence-electron chi connectivity index (χ2n) is 10.4. The third kappa shape index (κ3) is 7.06. The molecule has 4 rings (SSSR count). The lowest BCUT2D eigenvalue weighted by Crippen LogP contribution is -2.27. The molecule has 0 bridgehead atoms. The van der Waals surface area contributed by atoms with E-state index in [4.69, 9.17) is 9.47 Å². The van der Waals surface area contributed by atoms with Crippen molar-refractivity contribution in [1.82, 2.24) is 0 Å². The lowest BCUT2D eigenvalue weighted by molar-refractivity contribution is -0.206. The van der Waals surface area contributed by atoms with Crippen LogP contribution in [0.3, 0.4) is 0 Å². The second-order valence-corrected chi connectivity index (χ2v) is 10.4. The van der Waals surface area contributed by atoms with Crippen molar-refractivity contribution in [3.8, 4) is 22.3 Å². The van der Waals surface area contributed by atoms with Crippen LogP contribution < -0.4 is 0 Å². The summed E-state index contributed by atoms with van der Waals surface area (Å²) in [5.74, 6) is -1.59. The Morgan fingerprint density at radius 2 is 1.32 bits per heavy atom. The fraction of sp³-hybridized carbons (Fsp3) is 0.455. The van der Waals surface area contributed by atoms with Gasteiger partial charge in [-0.25, -0.2) is 13.2 Å². The molecule has 0 saturated carbocycles. The highest BCUT2D eigenvalue weighted by Gasteiger charge is 2.24. The molecule has 5 heteroatoms. The van der Waals surface area contributed by atoms with Crippen LogP contribution in [-0.4, -0.2) is 13.2 Å². The van der Waals surface area contributed by atoms with E-state index in [1.54, 1.807) is 42.5 Å². The van der Waals surface area contributed by atoms with Gasteiger partial charge in [0.05, 0.1) is 13.2 Å². The monoisotopic (exact) mass is 524 g/mol. The quantitative estimate of drug-likeness (QED) is 0.220. The first-order valence-corrected chi connectivity index (χ1v) is 14.1. The van der Waals surface area contributed by atoms with Gasteiger partial charge in [0.2, 0.25) is 0 Å². The molecule has 0 aromatic heterocycles. The van der Waals surface area contributed by atoms with Gasteiger partial charge in [-0.1, -0.05) is 101 Å². The number of halogens is 3. The molecule has 3 aromatic carbocycles. The maximum atomic E-state index is 15.0. The van der Waals surface area contributed by atoms with E-state index in [9.17, 15) is 8.78 Å². The number of benzene rings is 3. The lowest BCUT2D eigenvalue weighted by atomic mass is 9.96. The molecule has 2 nitrogen and oxygen atoms in total. The van der Waals surface area contributed by atoms with Crippen LogP contribution in [0.25, 0.3) is 22.3 Å². The van der Waals surface area contributed by atoms with Gasteiger partial charge in [0.15, 0.2) is 17.9 Å². The van der Waals surface area contributed by atoms with Crippen molar-refractivity contribution >= 4 is 0 Å². The summed E-state index contributed by atoms with van der Waals surface area (Å²) in [6, 6.07) is 15.2. The molecular weight excluding hydrogens is 485 g/mol. The summed E-state index contributed by atoms with van der Waals surface area (Å²) in [6.07, 6.45) is 8.74. The molecule has 0 atom stereocenters. The molecule has 38 heavy (non-hydrogen) atoms. The van der Waals surface area contributed by atoms with Crippen molar-refractivity contribution in [1.29, 1.82) is 0 Å². The fourth-order valence-corrected chi connectivity index (χ4v) is 5.15. The molecule has 0 unspecified atom stereocenters. The molecule has 3 aromatic rings. The first-order valence-electron chi connectivity index (χ1n) is 14.1. The zero-order valence-electron chi connectivity index (χ0n) is 22.6. The van der Waals surface area contributed by atoms with Crippen LogP contribution in [0.4, 0.5) is 13.2 Å². The van der Waals surface area contributed by atoms with Crippen LogP contribution in [0.15, 0.2) is 54.6 Å². The fourth-order valence-electron chi connectivity index (χ4n) is 5.15. The molecule has 1 aliphatic heterocycles. The highest BCUT2D eigenvalue weighted by Crippen LogP contribution is 2.33. The summed E-state index contributed by atoms with van der Waals surface area (Å²) in [7, 11) is 0. The Morgan fingerprint density at radius 1 is 0.684 bits per heavy atom. The second kappa shape index (κ2) is 14.0. The zero-order valence-corrected chi connectivity index (χ0v) is 22.6. The van der Waals surface area contributed by atoms with Crippen LogP contribution in [0, 0.1) is 23.4 Å². The Kier molecular flexibility index (Phi) is 10.4. The first-order chi connectivity index (χ1) is 18.5. The molecule has 1 heterocycles. The van der Waals surface area contributed by atoms with Gasteiger partial charge < -0.3 is 9.47 Å². The summed E-state index contributed by atoms with van der Waals surface area (Å²) < 4.78 is 56.4. The van der Waals surface area contributed by atoms with Crippen molar-refractivity contribution in [2.24, 2.45) is 5.92 Å². The SMILES string of the molecule is CCCCCCCCc1ccc(-c2ccc(-c3ccc(C4OCC(CCC)CO4)cc3F)cc2)c(F)c1F. The third-order valence-corrected chi connectivity index (χ3v) is 7.40. The average Bonchev–Trinajstić information content (AvgIpc) is 2.94. The van der Waals surface area contributed by atoms with Crippen molar-refractivity contribution < 1.29 is 22.6 Å². The standard InChI is InChI=1S/C33H39F3O2/c1-3-5-6-7-8-9-11-26-16-19-29(32(36)31(26)35)25-14-12-24(13-15-25)28-18-17-27(20-30(28)34)33-37-21-23(10-4-2)22-38-33/h12-20,23,33H,3-11,21-22H2,1-2H3. The summed E-state index contributed by atoms with van der Waals surface area (Å²) >= 11 is 0. The van der Waals surface area contributed by atoms with Crippen molar-refractivity contribution in [2.45, 2.75) is 77.9 Å². The van der Waals surface area contributed by atoms with Gasteiger partial charge in [0.25, 0.3) is 0 Å². The number of hydrogen-bond acceptors (Lipinski definition) is 2. The summed E-state index contributed by atoms with van der Waals surface area (Å²) in [6.45, 7) is 5.53. The van der Waals surface area contributed by atoms with E-state index >= 15 is 4.39 Å². The predicted octanol–water partition coefficient (Wildman–Crippen LogP) is 9.80. The molecule has 0 aliphatic carbocycles. The predicted molar refractivity (Wildman–Crippen MR) is 147 cm³/mol. The average molecular weight is 525 g/mol. The number of unbranched alkanes of at least 4 members (excludes halogenated alkanes) is 5. The molecule has 204 valence electrons. The van der Waals surface area contributed by atoms with E-state index in [-0.39, 0.29) is 11.4 Å². The molecule has 0 N–H and O–H groups in total. The number of hydrogen-bond donors (Lipinski definition) is 0. The Balaban J connectivity index is 1.41. The van der Waals surface area contributed by atoms with E-state index in [2.05, 4.69) is 13.8 Å². The first kappa shape index (κ1) is 28.4. The Labute approximate surface area is 225 Å². The lowest BCUT2D eigenvalue weighted by Gasteiger charge is -2.29. The van der Waals surface area contributed by atoms with E-state index in [1.807, 2.05) is 6.07 Å². The number of ether oxygens (including phenoxy) is 2. The maximum absolute atomic E-state index is 15.0. The number of rotatable bonds is 12. The highest BCUT2D eigenvalue weighted by atomic mass is 19.2. The van der Waals surface area contributed by atoms with Crippen LogP contribution in [0.5, 0.6) is 0 Å². The van der Waals surface area contributed by atoms with Gasteiger partial charge in [-0.2, -0.15) is 0 Å². The minimum absolute atomic E-state index is 0.213. The maximum Gasteiger partial charge on any atom is 0.183 e.